The molecule has 0 aliphatic heterocycles. The highest BCUT2D eigenvalue weighted by molar-refractivity contribution is 7.89. The summed E-state index contributed by atoms with van der Waals surface area (Å²) in [7, 11) is -2.28. The number of hydrazone groups is 1. The van der Waals surface area contributed by atoms with Crippen LogP contribution in [0, 0.1) is 12.3 Å². The highest BCUT2D eigenvalue weighted by Crippen LogP contribution is 2.35. The zero-order valence-electron chi connectivity index (χ0n) is 13.3. The number of methoxy groups -OCH3 is 1. The van der Waals surface area contributed by atoms with E-state index < -0.39 is 10.0 Å². The molecule has 0 amide bonds. The predicted molar refractivity (Wildman–Crippen MR) is 96.7 cm³/mol. The summed E-state index contributed by atoms with van der Waals surface area (Å²) in [6.07, 6.45) is 6.46. The Morgan fingerprint density at radius 3 is 2.68 bits per heavy atom. The molecule has 0 bridgehead atoms. The predicted octanol–water partition coefficient (Wildman–Crippen LogP) is 2.67. The quantitative estimate of drug-likeness (QED) is 0.456. The maximum atomic E-state index is 12.1. The Hall–Kier alpha value is -2.69. The van der Waals surface area contributed by atoms with Crippen molar-refractivity contribution in [1.29, 1.82) is 0 Å². The van der Waals surface area contributed by atoms with E-state index in [2.05, 4.69) is 15.9 Å². The first-order chi connectivity index (χ1) is 12.0. The Bertz CT molecular complexity index is 906. The smallest absolute Gasteiger partial charge is 0.276 e. The van der Waals surface area contributed by atoms with Gasteiger partial charge in [0.25, 0.3) is 10.0 Å². The van der Waals surface area contributed by atoms with E-state index in [1.165, 1.54) is 25.5 Å². The van der Waals surface area contributed by atoms with Crippen LogP contribution in [-0.2, 0) is 10.0 Å². The summed E-state index contributed by atoms with van der Waals surface area (Å²) >= 11 is 6.14. The molecule has 2 aromatic rings. The van der Waals surface area contributed by atoms with Crippen molar-refractivity contribution in [2.45, 2.75) is 4.90 Å². The highest BCUT2D eigenvalue weighted by Gasteiger charge is 2.13. The van der Waals surface area contributed by atoms with Crippen LogP contribution in [0.4, 0.5) is 0 Å². The average Bonchev–Trinajstić information content (AvgIpc) is 2.61. The van der Waals surface area contributed by atoms with Crippen LogP contribution in [0.3, 0.4) is 0 Å². The third-order valence-electron chi connectivity index (χ3n) is 2.99. The first kappa shape index (κ1) is 18.6. The van der Waals surface area contributed by atoms with Crippen LogP contribution in [0.2, 0.25) is 5.02 Å². The fourth-order valence-electron chi connectivity index (χ4n) is 1.89. The summed E-state index contributed by atoms with van der Waals surface area (Å²) in [4.78, 5) is 2.24. The van der Waals surface area contributed by atoms with Gasteiger partial charge in [-0.05, 0) is 29.8 Å². The normalized spacial score (nSPS) is 11.1. The van der Waals surface area contributed by atoms with Gasteiger partial charge in [-0.3, -0.25) is 0 Å². The van der Waals surface area contributed by atoms with E-state index in [-0.39, 0.29) is 16.5 Å². The second kappa shape index (κ2) is 8.42. The molecule has 0 fully saturated rings. The van der Waals surface area contributed by atoms with Gasteiger partial charge in [-0.1, -0.05) is 35.7 Å². The molecule has 0 aliphatic carbocycles. The van der Waals surface area contributed by atoms with Crippen LogP contribution in [0.1, 0.15) is 5.56 Å². The fourth-order valence-corrected chi connectivity index (χ4v) is 2.98. The molecule has 0 atom stereocenters. The monoisotopic (exact) mass is 378 g/mol. The Morgan fingerprint density at radius 1 is 1.32 bits per heavy atom. The SMILES string of the molecule is C#CCOc1c(Cl)cc(/C=N/NS(=O)(=O)c2ccccc2)cc1OC. The van der Waals surface area contributed by atoms with Gasteiger partial charge in [0.05, 0.1) is 23.2 Å². The number of nitrogens with zero attached hydrogens (tertiary/aromatic N) is 1. The number of benzene rings is 2. The van der Waals surface area contributed by atoms with E-state index in [1.54, 1.807) is 30.3 Å². The lowest BCUT2D eigenvalue weighted by Gasteiger charge is -2.11. The number of hydrogen-bond acceptors (Lipinski definition) is 5. The lowest BCUT2D eigenvalue weighted by molar-refractivity contribution is 0.331. The first-order valence-corrected chi connectivity index (χ1v) is 8.87. The van der Waals surface area contributed by atoms with Gasteiger partial charge >= 0.3 is 0 Å². The standard InChI is InChI=1S/C17H15ClN2O4S/c1-3-9-24-17-15(18)10-13(11-16(17)23-2)12-19-20-25(21,22)14-7-5-4-6-8-14/h1,4-8,10-12,20H,9H2,2H3/b19-12+. The van der Waals surface area contributed by atoms with Crippen LogP contribution >= 0.6 is 11.6 Å². The molecule has 6 nitrogen and oxygen atoms in total. The van der Waals surface area contributed by atoms with E-state index in [0.717, 1.165) is 0 Å². The van der Waals surface area contributed by atoms with E-state index in [0.29, 0.717) is 17.1 Å². The molecule has 0 radical (unpaired) electrons. The summed E-state index contributed by atoms with van der Waals surface area (Å²) in [5.74, 6) is 3.00. The van der Waals surface area contributed by atoms with E-state index in [9.17, 15) is 8.42 Å². The lowest BCUT2D eigenvalue weighted by atomic mass is 10.2. The van der Waals surface area contributed by atoms with Crippen LogP contribution in [0.5, 0.6) is 11.5 Å². The van der Waals surface area contributed by atoms with Crippen molar-refractivity contribution >= 4 is 27.8 Å². The second-order valence-electron chi connectivity index (χ2n) is 4.69. The third kappa shape index (κ3) is 4.89. The molecule has 0 aliphatic rings. The average molecular weight is 379 g/mol. The molecule has 25 heavy (non-hydrogen) atoms. The maximum Gasteiger partial charge on any atom is 0.276 e. The Kier molecular flexibility index (Phi) is 6.28. The van der Waals surface area contributed by atoms with Crippen LogP contribution in [0.15, 0.2) is 52.5 Å². The highest BCUT2D eigenvalue weighted by atomic mass is 35.5. The molecule has 130 valence electrons. The number of nitrogens with one attached hydrogen (secondary N) is 1. The summed E-state index contributed by atoms with van der Waals surface area (Å²) in [5, 5.41) is 4.01. The van der Waals surface area contributed by atoms with Gasteiger partial charge in [-0.15, -0.1) is 6.42 Å². The molecule has 2 aromatic carbocycles. The number of ether oxygens (including phenoxy) is 2. The van der Waals surface area contributed by atoms with Crippen molar-refractivity contribution in [1.82, 2.24) is 4.83 Å². The van der Waals surface area contributed by atoms with Gasteiger partial charge in [-0.25, -0.2) is 4.83 Å². The van der Waals surface area contributed by atoms with E-state index >= 15 is 0 Å². The number of hydrogen-bond donors (Lipinski definition) is 1. The third-order valence-corrected chi connectivity index (χ3v) is 4.51. The molecular formula is C17H15ClN2O4S. The summed E-state index contributed by atoms with van der Waals surface area (Å²) in [6, 6.07) is 11.1. The zero-order chi connectivity index (χ0) is 18.3. The molecule has 0 unspecified atom stereocenters. The van der Waals surface area contributed by atoms with Crippen molar-refractivity contribution < 1.29 is 17.9 Å². The Balaban J connectivity index is 2.19. The number of halogens is 1. The van der Waals surface area contributed by atoms with Crippen LogP contribution in [0.25, 0.3) is 0 Å². The van der Waals surface area contributed by atoms with Crippen molar-refractivity contribution in [3.05, 3.63) is 53.1 Å². The van der Waals surface area contributed by atoms with Gasteiger partial charge in [0, 0.05) is 0 Å². The topological polar surface area (TPSA) is 77.0 Å². The van der Waals surface area contributed by atoms with Gasteiger partial charge in [0.1, 0.15) is 6.61 Å². The Morgan fingerprint density at radius 2 is 2.04 bits per heavy atom. The first-order valence-electron chi connectivity index (χ1n) is 7.01. The molecule has 8 heteroatoms. The second-order valence-corrected chi connectivity index (χ2v) is 6.76. The minimum Gasteiger partial charge on any atom is -0.493 e. The van der Waals surface area contributed by atoms with Crippen LogP contribution in [-0.4, -0.2) is 28.3 Å². The van der Waals surface area contributed by atoms with Crippen molar-refractivity contribution in [2.24, 2.45) is 5.10 Å². The minimum atomic E-state index is -3.74. The zero-order valence-corrected chi connectivity index (χ0v) is 14.8. The molecule has 0 aromatic heterocycles. The molecule has 1 N–H and O–H groups in total. The summed E-state index contributed by atoms with van der Waals surface area (Å²) in [6.45, 7) is 0.0421. The van der Waals surface area contributed by atoms with Gasteiger partial charge in [0.2, 0.25) is 0 Å². The summed E-state index contributed by atoms with van der Waals surface area (Å²) in [5.41, 5.74) is 0.519. The van der Waals surface area contributed by atoms with Gasteiger partial charge < -0.3 is 9.47 Å². The van der Waals surface area contributed by atoms with Crippen molar-refractivity contribution in [2.75, 3.05) is 13.7 Å². The van der Waals surface area contributed by atoms with E-state index in [4.69, 9.17) is 27.5 Å². The molecule has 0 spiro atoms. The van der Waals surface area contributed by atoms with Crippen molar-refractivity contribution in [3.63, 3.8) is 0 Å². The minimum absolute atomic E-state index is 0.0421. The van der Waals surface area contributed by atoms with Gasteiger partial charge in [-0.2, -0.15) is 13.5 Å². The molecule has 0 saturated carbocycles. The molecule has 0 heterocycles. The van der Waals surface area contributed by atoms with Crippen LogP contribution < -0.4 is 14.3 Å². The summed E-state index contributed by atoms with van der Waals surface area (Å²) < 4.78 is 34.7. The number of sulfonamides is 1. The number of rotatable bonds is 7. The molecule has 2 rings (SSSR count). The fraction of sp³-hybridized carbons (Fsp3) is 0.118. The largest absolute Gasteiger partial charge is 0.493 e. The lowest BCUT2D eigenvalue weighted by Crippen LogP contribution is -2.18. The number of terminal acetylenes is 1. The van der Waals surface area contributed by atoms with Gasteiger partial charge in [0.15, 0.2) is 11.5 Å². The van der Waals surface area contributed by atoms with Crippen molar-refractivity contribution in [3.8, 4) is 23.8 Å². The van der Waals surface area contributed by atoms with E-state index in [1.807, 2.05) is 0 Å². The maximum absolute atomic E-state index is 12.1. The molecule has 0 saturated heterocycles. The molecular weight excluding hydrogens is 364 g/mol. The Labute approximate surface area is 151 Å².